The standard InChI is InChI=1S/C20H20N4O3/c25-18(19(26)23-14-6-7-14)17-11-24(15-9-21-12-22-10-15)20(27)16(17)8-13-4-2-1-3-5-13/h1-5,9-10,12,14,16-17H,6-8,11H2,(H,23,26)/t16-,17+/m1/s1. The minimum absolute atomic E-state index is 0.102. The molecule has 2 aliphatic rings. The van der Waals surface area contributed by atoms with Gasteiger partial charge in [0.1, 0.15) is 6.33 Å². The highest BCUT2D eigenvalue weighted by molar-refractivity contribution is 6.38. The van der Waals surface area contributed by atoms with Crippen LogP contribution in [0.3, 0.4) is 0 Å². The molecule has 138 valence electrons. The molecule has 7 nitrogen and oxygen atoms in total. The number of carbonyl (C=O) groups is 3. The zero-order valence-electron chi connectivity index (χ0n) is 14.7. The fourth-order valence-corrected chi connectivity index (χ4v) is 3.47. The van der Waals surface area contributed by atoms with Crippen LogP contribution in [0.25, 0.3) is 0 Å². The lowest BCUT2D eigenvalue weighted by atomic mass is 9.86. The van der Waals surface area contributed by atoms with Crippen molar-refractivity contribution in [3.63, 3.8) is 0 Å². The van der Waals surface area contributed by atoms with Gasteiger partial charge >= 0.3 is 0 Å². The van der Waals surface area contributed by atoms with Crippen LogP contribution in [-0.4, -0.2) is 40.2 Å². The molecule has 1 aliphatic heterocycles. The molecular formula is C20H20N4O3. The number of anilines is 1. The van der Waals surface area contributed by atoms with E-state index in [0.717, 1.165) is 18.4 Å². The molecule has 1 saturated heterocycles. The predicted molar refractivity (Wildman–Crippen MR) is 97.7 cm³/mol. The summed E-state index contributed by atoms with van der Waals surface area (Å²) in [5.41, 5.74) is 1.50. The Hall–Kier alpha value is -3.09. The Bertz CT molecular complexity index is 852. The molecule has 1 aromatic carbocycles. The first-order chi connectivity index (χ1) is 13.1. The molecular weight excluding hydrogens is 344 g/mol. The summed E-state index contributed by atoms with van der Waals surface area (Å²) in [7, 11) is 0. The van der Waals surface area contributed by atoms with Crippen LogP contribution in [0.5, 0.6) is 0 Å². The molecule has 4 rings (SSSR count). The molecule has 7 heteroatoms. The SMILES string of the molecule is O=C(NC1CC1)C(=O)[C@H]1CN(c2cncnc2)C(=O)[C@@H]1Cc1ccccc1. The zero-order chi connectivity index (χ0) is 18.8. The second-order valence-corrected chi connectivity index (χ2v) is 7.06. The average molecular weight is 364 g/mol. The maximum atomic E-state index is 13.1. The Balaban J connectivity index is 1.59. The molecule has 1 aromatic heterocycles. The summed E-state index contributed by atoms with van der Waals surface area (Å²) >= 11 is 0. The Morgan fingerprint density at radius 2 is 1.81 bits per heavy atom. The van der Waals surface area contributed by atoms with Gasteiger partial charge in [0.25, 0.3) is 5.91 Å². The second kappa shape index (κ2) is 7.26. The van der Waals surface area contributed by atoms with Gasteiger partial charge in [0.05, 0.1) is 29.9 Å². The average Bonchev–Trinajstić information content (AvgIpc) is 3.46. The first kappa shape index (κ1) is 17.3. The largest absolute Gasteiger partial charge is 0.347 e. The van der Waals surface area contributed by atoms with Crippen molar-refractivity contribution in [2.45, 2.75) is 25.3 Å². The molecule has 2 amide bonds. The van der Waals surface area contributed by atoms with Crippen LogP contribution in [-0.2, 0) is 20.8 Å². The van der Waals surface area contributed by atoms with E-state index in [4.69, 9.17) is 0 Å². The van der Waals surface area contributed by atoms with Gasteiger partial charge < -0.3 is 10.2 Å². The molecule has 2 aromatic rings. The first-order valence-corrected chi connectivity index (χ1v) is 9.08. The molecule has 1 aliphatic carbocycles. The van der Waals surface area contributed by atoms with E-state index in [2.05, 4.69) is 15.3 Å². The van der Waals surface area contributed by atoms with E-state index < -0.39 is 23.5 Å². The molecule has 2 atom stereocenters. The quantitative estimate of drug-likeness (QED) is 0.776. The van der Waals surface area contributed by atoms with Crippen molar-refractivity contribution in [2.75, 3.05) is 11.4 Å². The number of aromatic nitrogens is 2. The van der Waals surface area contributed by atoms with Gasteiger partial charge in [-0.3, -0.25) is 14.4 Å². The summed E-state index contributed by atoms with van der Waals surface area (Å²) in [5, 5.41) is 2.74. The molecule has 0 bridgehead atoms. The molecule has 27 heavy (non-hydrogen) atoms. The number of benzene rings is 1. The lowest BCUT2D eigenvalue weighted by Crippen LogP contribution is -2.39. The van der Waals surface area contributed by atoms with E-state index in [-0.39, 0.29) is 18.5 Å². The Morgan fingerprint density at radius 3 is 2.48 bits per heavy atom. The number of hydrogen-bond acceptors (Lipinski definition) is 5. The fourth-order valence-electron chi connectivity index (χ4n) is 3.47. The molecule has 0 spiro atoms. The number of nitrogens with one attached hydrogen (secondary N) is 1. The van der Waals surface area contributed by atoms with Crippen molar-refractivity contribution >= 4 is 23.3 Å². The maximum Gasteiger partial charge on any atom is 0.287 e. The summed E-state index contributed by atoms with van der Waals surface area (Å²) < 4.78 is 0. The molecule has 2 heterocycles. The zero-order valence-corrected chi connectivity index (χ0v) is 14.7. The highest BCUT2D eigenvalue weighted by Gasteiger charge is 2.47. The molecule has 1 N–H and O–H groups in total. The van der Waals surface area contributed by atoms with Crippen LogP contribution in [0.15, 0.2) is 49.1 Å². The van der Waals surface area contributed by atoms with Crippen molar-refractivity contribution in [3.8, 4) is 0 Å². The van der Waals surface area contributed by atoms with E-state index in [1.54, 1.807) is 12.4 Å². The summed E-state index contributed by atoms with van der Waals surface area (Å²) in [4.78, 5) is 47.6. The number of Topliss-reactive ketones (excluding diaryl/α,β-unsaturated/α-hetero) is 1. The minimum Gasteiger partial charge on any atom is -0.347 e. The predicted octanol–water partition coefficient (Wildman–Crippen LogP) is 1.15. The van der Waals surface area contributed by atoms with E-state index in [1.165, 1.54) is 11.2 Å². The number of ketones is 1. The van der Waals surface area contributed by atoms with Gasteiger partial charge in [-0.2, -0.15) is 0 Å². The normalized spacial score (nSPS) is 21.9. The third-order valence-corrected chi connectivity index (χ3v) is 5.08. The van der Waals surface area contributed by atoms with Gasteiger partial charge in [-0.1, -0.05) is 30.3 Å². The van der Waals surface area contributed by atoms with Crippen molar-refractivity contribution in [1.82, 2.24) is 15.3 Å². The maximum absolute atomic E-state index is 13.1. The van der Waals surface area contributed by atoms with Gasteiger partial charge in [0, 0.05) is 12.6 Å². The molecule has 1 saturated carbocycles. The number of rotatable bonds is 6. The molecule has 2 fully saturated rings. The van der Waals surface area contributed by atoms with E-state index in [0.29, 0.717) is 12.1 Å². The number of carbonyl (C=O) groups excluding carboxylic acids is 3. The lowest BCUT2D eigenvalue weighted by Gasteiger charge is -2.15. The smallest absolute Gasteiger partial charge is 0.287 e. The highest BCUT2D eigenvalue weighted by atomic mass is 16.2. The summed E-state index contributed by atoms with van der Waals surface area (Å²) in [6, 6.07) is 9.65. The van der Waals surface area contributed by atoms with Crippen molar-refractivity contribution < 1.29 is 14.4 Å². The summed E-state index contributed by atoms with van der Waals surface area (Å²) in [6.07, 6.45) is 6.70. The van der Waals surface area contributed by atoms with E-state index >= 15 is 0 Å². The van der Waals surface area contributed by atoms with Gasteiger partial charge in [0.2, 0.25) is 11.7 Å². The van der Waals surface area contributed by atoms with Gasteiger partial charge in [-0.25, -0.2) is 9.97 Å². The Kier molecular flexibility index (Phi) is 4.66. The van der Waals surface area contributed by atoms with E-state index in [9.17, 15) is 14.4 Å². The number of amides is 2. The summed E-state index contributed by atoms with van der Waals surface area (Å²) in [6.45, 7) is 0.167. The minimum atomic E-state index is -0.684. The summed E-state index contributed by atoms with van der Waals surface area (Å²) in [5.74, 6) is -2.54. The van der Waals surface area contributed by atoms with Gasteiger partial charge in [-0.05, 0) is 24.8 Å². The second-order valence-electron chi connectivity index (χ2n) is 7.06. The highest BCUT2D eigenvalue weighted by Crippen LogP contribution is 2.32. The Morgan fingerprint density at radius 1 is 1.11 bits per heavy atom. The van der Waals surface area contributed by atoms with Crippen molar-refractivity contribution in [2.24, 2.45) is 11.8 Å². The molecule has 0 radical (unpaired) electrons. The molecule has 0 unspecified atom stereocenters. The van der Waals surface area contributed by atoms with Crippen molar-refractivity contribution in [1.29, 1.82) is 0 Å². The number of nitrogens with zero attached hydrogens (tertiary/aromatic N) is 3. The number of hydrogen-bond donors (Lipinski definition) is 1. The van der Waals surface area contributed by atoms with Crippen LogP contribution in [0, 0.1) is 11.8 Å². The van der Waals surface area contributed by atoms with Crippen LogP contribution < -0.4 is 10.2 Å². The van der Waals surface area contributed by atoms with Crippen LogP contribution in [0.1, 0.15) is 18.4 Å². The third kappa shape index (κ3) is 3.72. The third-order valence-electron chi connectivity index (χ3n) is 5.08. The van der Waals surface area contributed by atoms with Crippen molar-refractivity contribution in [3.05, 3.63) is 54.6 Å². The lowest BCUT2D eigenvalue weighted by molar-refractivity contribution is -0.141. The van der Waals surface area contributed by atoms with Gasteiger partial charge in [-0.15, -0.1) is 0 Å². The van der Waals surface area contributed by atoms with Crippen LogP contribution in [0.2, 0.25) is 0 Å². The fraction of sp³-hybridized carbons (Fsp3) is 0.350. The Labute approximate surface area is 156 Å². The first-order valence-electron chi connectivity index (χ1n) is 9.08. The van der Waals surface area contributed by atoms with Crippen LogP contribution in [0.4, 0.5) is 5.69 Å². The van der Waals surface area contributed by atoms with Crippen LogP contribution >= 0.6 is 0 Å². The monoisotopic (exact) mass is 364 g/mol. The van der Waals surface area contributed by atoms with E-state index in [1.807, 2.05) is 30.3 Å². The van der Waals surface area contributed by atoms with Gasteiger partial charge in [0.15, 0.2) is 0 Å². The topological polar surface area (TPSA) is 92.3 Å².